The third kappa shape index (κ3) is 3.21. The highest BCUT2D eigenvalue weighted by Gasteiger charge is 2.20. The maximum atomic E-state index is 6.66. The van der Waals surface area contributed by atoms with Gasteiger partial charge in [-0.25, -0.2) is 4.98 Å². The maximum absolute atomic E-state index is 6.66. The van der Waals surface area contributed by atoms with E-state index in [1.807, 2.05) is 31.2 Å². The largest absolute Gasteiger partial charge is 0.322 e. The minimum atomic E-state index is -0.193. The van der Waals surface area contributed by atoms with Gasteiger partial charge in [0, 0.05) is 17.7 Å². The quantitative estimate of drug-likeness (QED) is 0.604. The number of hydrogen-bond acceptors (Lipinski definition) is 4. The molecule has 2 aromatic heterocycles. The summed E-state index contributed by atoms with van der Waals surface area (Å²) >= 11 is 0. The minimum Gasteiger partial charge on any atom is -0.322 e. The van der Waals surface area contributed by atoms with Gasteiger partial charge in [-0.3, -0.25) is 0 Å². The van der Waals surface area contributed by atoms with Crippen LogP contribution >= 0.6 is 0 Å². The average molecular weight is 343 g/mol. The lowest BCUT2D eigenvalue weighted by atomic mass is 9.95. The lowest BCUT2D eigenvalue weighted by Gasteiger charge is -2.19. The van der Waals surface area contributed by atoms with Crippen LogP contribution in [0.4, 0.5) is 0 Å². The zero-order chi connectivity index (χ0) is 17.9. The van der Waals surface area contributed by atoms with E-state index in [0.717, 1.165) is 29.8 Å². The Hall–Kier alpha value is -3.05. The van der Waals surface area contributed by atoms with Crippen LogP contribution in [0.15, 0.2) is 67.0 Å². The van der Waals surface area contributed by atoms with Gasteiger partial charge in [-0.1, -0.05) is 60.7 Å². The van der Waals surface area contributed by atoms with Gasteiger partial charge in [-0.2, -0.15) is 14.6 Å². The molecule has 2 aromatic carbocycles. The van der Waals surface area contributed by atoms with E-state index in [-0.39, 0.29) is 6.04 Å². The number of aryl methyl sites for hydroxylation is 1. The molecule has 26 heavy (non-hydrogen) atoms. The molecule has 0 aliphatic rings. The molecule has 0 radical (unpaired) electrons. The Labute approximate surface area is 152 Å². The third-order valence-electron chi connectivity index (χ3n) is 4.64. The van der Waals surface area contributed by atoms with Crippen LogP contribution in [0, 0.1) is 6.92 Å². The van der Waals surface area contributed by atoms with Crippen molar-refractivity contribution < 1.29 is 0 Å². The van der Waals surface area contributed by atoms with Gasteiger partial charge in [-0.15, -0.1) is 0 Å². The van der Waals surface area contributed by atoms with Crippen molar-refractivity contribution in [1.29, 1.82) is 0 Å². The summed E-state index contributed by atoms with van der Waals surface area (Å²) in [6.45, 7) is 2.02. The fraction of sp³-hybridized carbons (Fsp3) is 0.190. The number of hydrogen-bond donors (Lipinski definition) is 1. The number of rotatable bonds is 5. The summed E-state index contributed by atoms with van der Waals surface area (Å²) in [5, 5.41) is 4.39. The Balaban J connectivity index is 1.80. The molecule has 0 bridgehead atoms. The molecule has 4 aromatic rings. The van der Waals surface area contributed by atoms with E-state index in [1.54, 1.807) is 4.52 Å². The lowest BCUT2D eigenvalue weighted by molar-refractivity contribution is 0.647. The molecule has 4 rings (SSSR count). The second kappa shape index (κ2) is 7.06. The molecule has 1 atom stereocenters. The van der Waals surface area contributed by atoms with Crippen LogP contribution in [0.2, 0.25) is 0 Å². The van der Waals surface area contributed by atoms with E-state index in [9.17, 15) is 0 Å². The molecule has 0 spiro atoms. The number of nitrogens with two attached hydrogens (primary N) is 1. The molecule has 0 amide bonds. The zero-order valence-electron chi connectivity index (χ0n) is 14.7. The van der Waals surface area contributed by atoms with Crippen molar-refractivity contribution in [3.8, 4) is 0 Å². The maximum Gasteiger partial charge on any atom is 0.252 e. The van der Waals surface area contributed by atoms with E-state index >= 15 is 0 Å². The van der Waals surface area contributed by atoms with Crippen LogP contribution in [-0.4, -0.2) is 19.6 Å². The van der Waals surface area contributed by atoms with Crippen molar-refractivity contribution in [3.63, 3.8) is 0 Å². The Morgan fingerprint density at radius 1 is 0.962 bits per heavy atom. The molecule has 0 aliphatic carbocycles. The van der Waals surface area contributed by atoms with Crippen LogP contribution in [-0.2, 0) is 12.8 Å². The predicted octanol–water partition coefficient (Wildman–Crippen LogP) is 3.27. The van der Waals surface area contributed by atoms with Gasteiger partial charge in [0.05, 0.1) is 11.7 Å². The highest BCUT2D eigenvalue weighted by Crippen LogP contribution is 2.25. The summed E-state index contributed by atoms with van der Waals surface area (Å²) in [4.78, 5) is 8.88. The van der Waals surface area contributed by atoms with E-state index in [0.29, 0.717) is 5.78 Å². The van der Waals surface area contributed by atoms with Crippen molar-refractivity contribution in [3.05, 3.63) is 95.1 Å². The van der Waals surface area contributed by atoms with E-state index in [1.165, 1.54) is 17.5 Å². The van der Waals surface area contributed by atoms with Gasteiger partial charge in [0.25, 0.3) is 5.78 Å². The second-order valence-electron chi connectivity index (χ2n) is 6.49. The lowest BCUT2D eigenvalue weighted by Crippen LogP contribution is -2.21. The summed E-state index contributed by atoms with van der Waals surface area (Å²) in [5.41, 5.74) is 12.1. The molecule has 1 unspecified atom stereocenters. The summed E-state index contributed by atoms with van der Waals surface area (Å²) in [6.07, 6.45) is 3.04. The predicted molar refractivity (Wildman–Crippen MR) is 102 cm³/mol. The van der Waals surface area contributed by atoms with E-state index < -0.39 is 0 Å². The van der Waals surface area contributed by atoms with E-state index in [4.69, 9.17) is 5.73 Å². The molecule has 5 nitrogen and oxygen atoms in total. The first-order valence-electron chi connectivity index (χ1n) is 8.75. The van der Waals surface area contributed by atoms with Gasteiger partial charge >= 0.3 is 0 Å². The third-order valence-corrected chi connectivity index (χ3v) is 4.64. The highest BCUT2D eigenvalue weighted by molar-refractivity contribution is 5.41. The first-order valence-corrected chi connectivity index (χ1v) is 8.75. The molecule has 0 aliphatic heterocycles. The van der Waals surface area contributed by atoms with Crippen LogP contribution < -0.4 is 5.73 Å². The Morgan fingerprint density at radius 3 is 2.31 bits per heavy atom. The van der Waals surface area contributed by atoms with Crippen LogP contribution in [0.3, 0.4) is 0 Å². The molecule has 0 saturated carbocycles. The summed E-state index contributed by atoms with van der Waals surface area (Å²) in [5.74, 6) is 0.595. The molecular weight excluding hydrogens is 322 g/mol. The van der Waals surface area contributed by atoms with Gasteiger partial charge in [0.15, 0.2) is 0 Å². The van der Waals surface area contributed by atoms with Crippen LogP contribution in [0.25, 0.3) is 5.78 Å². The fourth-order valence-corrected chi connectivity index (χ4v) is 3.38. The van der Waals surface area contributed by atoms with Crippen LogP contribution in [0.1, 0.15) is 34.1 Å². The zero-order valence-corrected chi connectivity index (χ0v) is 14.7. The normalized spacial score (nSPS) is 12.4. The van der Waals surface area contributed by atoms with E-state index in [2.05, 4.69) is 51.5 Å². The molecular formula is C21H21N5. The SMILES string of the molecule is Cc1nc2ncnn2c(C(N)Cc2ccccc2)c1Cc1ccccc1. The topological polar surface area (TPSA) is 69.1 Å². The van der Waals surface area contributed by atoms with Gasteiger partial charge < -0.3 is 5.73 Å². The second-order valence-corrected chi connectivity index (χ2v) is 6.49. The van der Waals surface area contributed by atoms with Gasteiger partial charge in [0.1, 0.15) is 6.33 Å². The highest BCUT2D eigenvalue weighted by atomic mass is 15.3. The standard InChI is InChI=1S/C21H21N5/c1-15-18(12-16-8-4-2-5-9-16)20(26-21(25-15)23-14-24-26)19(22)13-17-10-6-3-7-11-17/h2-11,14,19H,12-13,22H2,1H3. The average Bonchev–Trinajstić information content (AvgIpc) is 3.11. The monoisotopic (exact) mass is 343 g/mol. The van der Waals surface area contributed by atoms with Crippen molar-refractivity contribution in [2.75, 3.05) is 0 Å². The number of aromatic nitrogens is 4. The van der Waals surface area contributed by atoms with Crippen molar-refractivity contribution in [2.45, 2.75) is 25.8 Å². The van der Waals surface area contributed by atoms with Gasteiger partial charge in [-0.05, 0) is 24.5 Å². The molecule has 2 N–H and O–H groups in total. The summed E-state index contributed by atoms with van der Waals surface area (Å²) in [7, 11) is 0. The van der Waals surface area contributed by atoms with Crippen LogP contribution in [0.5, 0.6) is 0 Å². The molecule has 2 heterocycles. The summed E-state index contributed by atoms with van der Waals surface area (Å²) < 4.78 is 1.79. The fourth-order valence-electron chi connectivity index (χ4n) is 3.38. The van der Waals surface area contributed by atoms with Crippen molar-refractivity contribution in [1.82, 2.24) is 19.6 Å². The first kappa shape index (κ1) is 16.4. The molecule has 0 fully saturated rings. The number of fused-ring (bicyclic) bond motifs is 1. The Kier molecular flexibility index (Phi) is 4.46. The molecule has 130 valence electrons. The Morgan fingerprint density at radius 2 is 1.62 bits per heavy atom. The number of benzene rings is 2. The van der Waals surface area contributed by atoms with Crippen molar-refractivity contribution >= 4 is 5.78 Å². The minimum absolute atomic E-state index is 0.193. The Bertz CT molecular complexity index is 1010. The number of nitrogens with zero attached hydrogens (tertiary/aromatic N) is 4. The summed E-state index contributed by atoms with van der Waals surface area (Å²) in [6, 6.07) is 20.5. The van der Waals surface area contributed by atoms with Gasteiger partial charge in [0.2, 0.25) is 0 Å². The molecule has 0 saturated heterocycles. The van der Waals surface area contributed by atoms with Crippen molar-refractivity contribution in [2.24, 2.45) is 5.73 Å². The first-order chi connectivity index (χ1) is 12.7. The molecule has 5 heteroatoms. The smallest absolute Gasteiger partial charge is 0.252 e.